The second kappa shape index (κ2) is 7.25. The normalized spacial score (nSPS) is 10.9. The molecule has 0 fully saturated rings. The average Bonchev–Trinajstić information content (AvgIpc) is 2.40. The fraction of sp³-hybridized carbons (Fsp3) is 0.385. The van der Waals surface area contributed by atoms with E-state index in [1.54, 1.807) is 26.0 Å². The summed E-state index contributed by atoms with van der Waals surface area (Å²) in [6, 6.07) is 9.05. The van der Waals surface area contributed by atoms with E-state index in [9.17, 15) is 9.59 Å². The van der Waals surface area contributed by atoms with Gasteiger partial charge in [0.15, 0.2) is 0 Å². The van der Waals surface area contributed by atoms with Crippen molar-refractivity contribution >= 4 is 33.6 Å². The summed E-state index contributed by atoms with van der Waals surface area (Å²) in [5.41, 5.74) is 0.723. The van der Waals surface area contributed by atoms with Crippen molar-refractivity contribution < 1.29 is 24.4 Å². The highest BCUT2D eigenvalue weighted by Gasteiger charge is 2.51. The largest absolute Gasteiger partial charge is 0.460 e. The van der Waals surface area contributed by atoms with Gasteiger partial charge in [-0.1, -0.05) is 18.2 Å². The summed E-state index contributed by atoms with van der Waals surface area (Å²) in [4.78, 5) is 24.0. The number of quaternary nitrogens is 1. The molecule has 6 heteroatoms. The van der Waals surface area contributed by atoms with Gasteiger partial charge >= 0.3 is 16.4 Å². The standard InChI is InChI=1S/C13H16BrNO4/c1-3-18-11(16)13(14,12(17)19-4-2)15-10-8-6-5-7-9-10/h5-9,15H,3-4H2,1-2H3/p+1. The number of nitrogens with two attached hydrogens (primary N) is 1. The lowest BCUT2D eigenvalue weighted by molar-refractivity contribution is -0.598. The van der Waals surface area contributed by atoms with E-state index < -0.39 is 16.4 Å². The minimum atomic E-state index is -1.61. The molecule has 0 saturated heterocycles. The van der Waals surface area contributed by atoms with Crippen molar-refractivity contribution in [2.24, 2.45) is 0 Å². The smallest absolute Gasteiger partial charge is 0.392 e. The highest BCUT2D eigenvalue weighted by atomic mass is 79.9. The van der Waals surface area contributed by atoms with Gasteiger partial charge in [0, 0.05) is 15.9 Å². The van der Waals surface area contributed by atoms with Crippen molar-refractivity contribution in [3.63, 3.8) is 0 Å². The number of halogens is 1. The number of ether oxygens (including phenoxy) is 2. The third kappa shape index (κ3) is 4.04. The van der Waals surface area contributed by atoms with Gasteiger partial charge in [-0.3, -0.25) is 5.32 Å². The molecule has 0 amide bonds. The van der Waals surface area contributed by atoms with E-state index >= 15 is 0 Å². The molecule has 0 saturated carbocycles. The number of carbonyl (C=O) groups is 2. The first-order chi connectivity index (χ1) is 9.04. The number of rotatable bonds is 6. The van der Waals surface area contributed by atoms with Crippen LogP contribution < -0.4 is 5.32 Å². The summed E-state index contributed by atoms with van der Waals surface area (Å²) in [5, 5.41) is 1.49. The van der Waals surface area contributed by atoms with Crippen LogP contribution in [0.5, 0.6) is 0 Å². The summed E-state index contributed by atoms with van der Waals surface area (Å²) in [6.45, 7) is 3.74. The van der Waals surface area contributed by atoms with Gasteiger partial charge in [-0.05, 0) is 26.0 Å². The maximum Gasteiger partial charge on any atom is 0.392 e. The fourth-order valence-corrected chi connectivity index (χ4v) is 1.95. The van der Waals surface area contributed by atoms with Gasteiger partial charge < -0.3 is 9.47 Å². The summed E-state index contributed by atoms with van der Waals surface area (Å²) in [7, 11) is 0. The summed E-state index contributed by atoms with van der Waals surface area (Å²) in [5.74, 6) is -1.37. The van der Waals surface area contributed by atoms with Crippen molar-refractivity contribution in [1.82, 2.24) is 0 Å². The average molecular weight is 331 g/mol. The van der Waals surface area contributed by atoms with E-state index in [0.29, 0.717) is 0 Å². The van der Waals surface area contributed by atoms with E-state index in [1.807, 2.05) is 18.2 Å². The highest BCUT2D eigenvalue weighted by Crippen LogP contribution is 2.16. The number of para-hydroxylation sites is 1. The number of hydrogen-bond acceptors (Lipinski definition) is 4. The molecule has 0 bridgehead atoms. The van der Waals surface area contributed by atoms with E-state index in [-0.39, 0.29) is 13.2 Å². The molecule has 0 atom stereocenters. The first-order valence-corrected chi connectivity index (χ1v) is 6.78. The Morgan fingerprint density at radius 3 is 2.00 bits per heavy atom. The zero-order chi connectivity index (χ0) is 14.3. The molecule has 0 unspecified atom stereocenters. The van der Waals surface area contributed by atoms with Crippen LogP contribution in [0.3, 0.4) is 0 Å². The van der Waals surface area contributed by atoms with E-state index in [2.05, 4.69) is 15.9 Å². The number of alkyl halides is 1. The van der Waals surface area contributed by atoms with Crippen molar-refractivity contribution in [2.45, 2.75) is 18.3 Å². The molecule has 1 rings (SSSR count). The molecule has 19 heavy (non-hydrogen) atoms. The van der Waals surface area contributed by atoms with Crippen LogP contribution in [0.25, 0.3) is 0 Å². The third-order valence-corrected chi connectivity index (χ3v) is 3.19. The molecule has 104 valence electrons. The van der Waals surface area contributed by atoms with Gasteiger partial charge in [0.05, 0.1) is 13.2 Å². The van der Waals surface area contributed by atoms with Crippen molar-refractivity contribution in [3.05, 3.63) is 30.3 Å². The van der Waals surface area contributed by atoms with Crippen LogP contribution in [0.1, 0.15) is 13.8 Å². The van der Waals surface area contributed by atoms with Gasteiger partial charge in [0.25, 0.3) is 0 Å². The van der Waals surface area contributed by atoms with E-state index in [4.69, 9.17) is 9.47 Å². The first-order valence-electron chi connectivity index (χ1n) is 5.99. The van der Waals surface area contributed by atoms with Crippen LogP contribution in [-0.2, 0) is 19.1 Å². The molecular weight excluding hydrogens is 314 g/mol. The maximum absolute atomic E-state index is 12.0. The molecule has 0 spiro atoms. The Kier molecular flexibility index (Phi) is 5.98. The molecule has 1 aromatic carbocycles. The number of hydrogen-bond donors (Lipinski definition) is 1. The first kappa shape index (κ1) is 15.7. The van der Waals surface area contributed by atoms with Crippen LogP contribution in [0, 0.1) is 0 Å². The Hall–Kier alpha value is -1.40. The Morgan fingerprint density at radius 2 is 1.58 bits per heavy atom. The van der Waals surface area contributed by atoms with Crippen molar-refractivity contribution in [2.75, 3.05) is 13.2 Å². The lowest BCUT2D eigenvalue weighted by atomic mass is 10.2. The predicted molar refractivity (Wildman–Crippen MR) is 73.0 cm³/mol. The van der Waals surface area contributed by atoms with Crippen LogP contribution in [-0.4, -0.2) is 29.6 Å². The lowest BCUT2D eigenvalue weighted by Crippen LogP contribution is -2.95. The molecular formula is C13H17BrNO4+. The van der Waals surface area contributed by atoms with Crippen LogP contribution >= 0.6 is 15.9 Å². The number of benzene rings is 1. The van der Waals surface area contributed by atoms with Crippen molar-refractivity contribution in [3.8, 4) is 0 Å². The lowest BCUT2D eigenvalue weighted by Gasteiger charge is -2.20. The monoisotopic (exact) mass is 330 g/mol. The number of esters is 2. The van der Waals surface area contributed by atoms with Crippen LogP contribution in [0.4, 0.5) is 5.69 Å². The van der Waals surface area contributed by atoms with Crippen LogP contribution in [0.15, 0.2) is 30.3 Å². The van der Waals surface area contributed by atoms with Gasteiger partial charge in [0.1, 0.15) is 5.69 Å². The van der Waals surface area contributed by atoms with Crippen molar-refractivity contribution in [1.29, 1.82) is 0 Å². The summed E-state index contributed by atoms with van der Waals surface area (Å²) < 4.78 is 8.25. The second-order valence-corrected chi connectivity index (χ2v) is 4.96. The van der Waals surface area contributed by atoms with Gasteiger partial charge in [-0.25, -0.2) is 9.59 Å². The molecule has 0 aromatic heterocycles. The Balaban J connectivity index is 2.98. The zero-order valence-electron chi connectivity index (χ0n) is 10.9. The van der Waals surface area contributed by atoms with E-state index in [1.165, 1.54) is 5.32 Å². The molecule has 2 N–H and O–H groups in total. The summed E-state index contributed by atoms with van der Waals surface area (Å²) >= 11 is 3.15. The molecule has 1 aromatic rings. The minimum absolute atomic E-state index is 0.189. The van der Waals surface area contributed by atoms with Crippen LogP contribution in [0.2, 0.25) is 0 Å². The molecule has 0 heterocycles. The quantitative estimate of drug-likeness (QED) is 0.279. The SMILES string of the molecule is CCOC(=O)C(Br)([NH2+]c1ccccc1)C(=O)OCC. The zero-order valence-corrected chi connectivity index (χ0v) is 12.5. The predicted octanol–water partition coefficient (Wildman–Crippen LogP) is 1.10. The van der Waals surface area contributed by atoms with Gasteiger partial charge in [-0.15, -0.1) is 0 Å². The maximum atomic E-state index is 12.0. The molecule has 0 aliphatic carbocycles. The summed E-state index contributed by atoms with van der Waals surface area (Å²) in [6.07, 6.45) is 0. The molecule has 5 nitrogen and oxygen atoms in total. The minimum Gasteiger partial charge on any atom is -0.460 e. The fourth-order valence-electron chi connectivity index (χ4n) is 1.45. The Bertz CT molecular complexity index is 418. The van der Waals surface area contributed by atoms with E-state index in [0.717, 1.165) is 5.69 Å². The molecule has 0 aliphatic rings. The van der Waals surface area contributed by atoms with Gasteiger partial charge in [-0.2, -0.15) is 0 Å². The third-order valence-electron chi connectivity index (χ3n) is 2.31. The molecule has 0 aliphatic heterocycles. The Morgan fingerprint density at radius 1 is 1.11 bits per heavy atom. The molecule has 0 radical (unpaired) electrons. The second-order valence-electron chi connectivity index (χ2n) is 3.71. The highest BCUT2D eigenvalue weighted by molar-refractivity contribution is 9.10. The van der Waals surface area contributed by atoms with Gasteiger partial charge in [0.2, 0.25) is 0 Å². The topological polar surface area (TPSA) is 69.2 Å². The Labute approximate surface area is 120 Å². The number of carbonyl (C=O) groups excluding carboxylic acids is 2.